The van der Waals surface area contributed by atoms with Gasteiger partial charge in [0.15, 0.2) is 0 Å². The summed E-state index contributed by atoms with van der Waals surface area (Å²) >= 11 is 3.58. The van der Waals surface area contributed by atoms with Gasteiger partial charge in [0, 0.05) is 29.3 Å². The highest BCUT2D eigenvalue weighted by atomic mass is 79.9. The molecule has 1 saturated heterocycles. The van der Waals surface area contributed by atoms with Crippen molar-refractivity contribution in [2.45, 2.75) is 46.1 Å². The molecule has 0 amide bonds. The minimum atomic E-state index is 0.715. The van der Waals surface area contributed by atoms with Crippen molar-refractivity contribution in [1.82, 2.24) is 5.32 Å². The molecule has 0 saturated carbocycles. The molecule has 0 aromatic heterocycles. The zero-order valence-electron chi connectivity index (χ0n) is 12.3. The molecule has 1 fully saturated rings. The number of nitrogens with zero attached hydrogens (tertiary/aromatic N) is 1. The molecular formula is C16H25BrN2. The Morgan fingerprint density at radius 1 is 1.21 bits per heavy atom. The number of hydrogen-bond donors (Lipinski definition) is 1. The lowest BCUT2D eigenvalue weighted by atomic mass is 10.0. The van der Waals surface area contributed by atoms with Gasteiger partial charge in [-0.2, -0.15) is 0 Å². The first-order valence-corrected chi connectivity index (χ1v) is 8.16. The second-order valence-corrected chi connectivity index (χ2v) is 6.52. The smallest absolute Gasteiger partial charge is 0.0426 e. The third-order valence-corrected chi connectivity index (χ3v) is 4.41. The summed E-state index contributed by atoms with van der Waals surface area (Å²) in [5.41, 5.74) is 4.20. The van der Waals surface area contributed by atoms with Gasteiger partial charge in [-0.15, -0.1) is 0 Å². The number of anilines is 1. The van der Waals surface area contributed by atoms with Gasteiger partial charge in [-0.05, 0) is 62.9 Å². The van der Waals surface area contributed by atoms with E-state index in [0.29, 0.717) is 6.04 Å². The van der Waals surface area contributed by atoms with E-state index in [0.717, 1.165) is 6.54 Å². The van der Waals surface area contributed by atoms with E-state index in [4.69, 9.17) is 0 Å². The van der Waals surface area contributed by atoms with Crippen LogP contribution in [-0.4, -0.2) is 25.7 Å². The molecule has 19 heavy (non-hydrogen) atoms. The molecule has 0 radical (unpaired) electrons. The van der Waals surface area contributed by atoms with Gasteiger partial charge in [0.1, 0.15) is 0 Å². The molecule has 1 aromatic rings. The van der Waals surface area contributed by atoms with Crippen LogP contribution < -0.4 is 10.2 Å². The summed E-state index contributed by atoms with van der Waals surface area (Å²) in [7, 11) is 0. The van der Waals surface area contributed by atoms with E-state index in [-0.39, 0.29) is 0 Å². The van der Waals surface area contributed by atoms with Gasteiger partial charge >= 0.3 is 0 Å². The van der Waals surface area contributed by atoms with Crippen LogP contribution in [0.4, 0.5) is 5.69 Å². The normalized spacial score (nSPS) is 16.9. The Morgan fingerprint density at radius 3 is 2.32 bits per heavy atom. The topological polar surface area (TPSA) is 15.3 Å². The van der Waals surface area contributed by atoms with Gasteiger partial charge in [-0.25, -0.2) is 0 Å². The molecule has 1 N–H and O–H groups in total. The Bertz CT molecular complexity index is 400. The van der Waals surface area contributed by atoms with E-state index in [2.05, 4.69) is 59.1 Å². The number of benzene rings is 1. The third-order valence-electron chi connectivity index (χ3n) is 3.95. The molecule has 0 spiro atoms. The minimum Gasteiger partial charge on any atom is -0.371 e. The van der Waals surface area contributed by atoms with Crippen LogP contribution in [0.5, 0.6) is 0 Å². The van der Waals surface area contributed by atoms with Crippen molar-refractivity contribution in [1.29, 1.82) is 0 Å². The summed E-state index contributed by atoms with van der Waals surface area (Å²) in [6.45, 7) is 10.2. The SMILES string of the molecule is CCCNC1CCN(c2c(C)cc(Br)cc2C)CC1. The summed E-state index contributed by atoms with van der Waals surface area (Å²) in [5.74, 6) is 0. The highest BCUT2D eigenvalue weighted by Crippen LogP contribution is 2.30. The second-order valence-electron chi connectivity index (χ2n) is 5.60. The molecule has 2 nitrogen and oxygen atoms in total. The van der Waals surface area contributed by atoms with Gasteiger partial charge < -0.3 is 10.2 Å². The van der Waals surface area contributed by atoms with Crippen LogP contribution in [0.3, 0.4) is 0 Å². The van der Waals surface area contributed by atoms with Crippen LogP contribution in [0.2, 0.25) is 0 Å². The summed E-state index contributed by atoms with van der Waals surface area (Å²) < 4.78 is 1.19. The third kappa shape index (κ3) is 3.73. The molecule has 1 heterocycles. The zero-order valence-corrected chi connectivity index (χ0v) is 13.9. The Labute approximate surface area is 125 Å². The summed E-state index contributed by atoms with van der Waals surface area (Å²) in [6.07, 6.45) is 3.75. The minimum absolute atomic E-state index is 0.715. The predicted octanol–water partition coefficient (Wildman–Crippen LogP) is 4.03. The molecule has 106 valence electrons. The monoisotopic (exact) mass is 324 g/mol. The number of rotatable bonds is 4. The van der Waals surface area contributed by atoms with E-state index in [9.17, 15) is 0 Å². The lowest BCUT2D eigenvalue weighted by molar-refractivity contribution is 0.415. The molecule has 1 aliphatic heterocycles. The Morgan fingerprint density at radius 2 is 1.79 bits per heavy atom. The predicted molar refractivity (Wildman–Crippen MR) is 87.1 cm³/mol. The Kier molecular flexibility index (Phi) is 5.28. The largest absolute Gasteiger partial charge is 0.371 e. The fourth-order valence-corrected chi connectivity index (χ4v) is 3.74. The van der Waals surface area contributed by atoms with Gasteiger partial charge in [0.05, 0.1) is 0 Å². The Hall–Kier alpha value is -0.540. The van der Waals surface area contributed by atoms with Crippen molar-refractivity contribution in [3.8, 4) is 0 Å². The molecule has 3 heteroatoms. The standard InChI is InChI=1S/C16H25BrN2/c1-4-7-18-15-5-8-19(9-6-15)16-12(2)10-14(17)11-13(16)3/h10-11,15,18H,4-9H2,1-3H3. The summed E-state index contributed by atoms with van der Waals surface area (Å²) in [5, 5.41) is 3.65. The van der Waals surface area contributed by atoms with E-state index in [1.54, 1.807) is 0 Å². The maximum Gasteiger partial charge on any atom is 0.0426 e. The maximum atomic E-state index is 3.65. The van der Waals surface area contributed by atoms with Crippen LogP contribution in [0.25, 0.3) is 0 Å². The van der Waals surface area contributed by atoms with Crippen LogP contribution in [-0.2, 0) is 0 Å². The average Bonchev–Trinajstić information content (AvgIpc) is 2.36. The number of aryl methyl sites for hydroxylation is 2. The fourth-order valence-electron chi connectivity index (χ4n) is 3.06. The molecule has 1 aromatic carbocycles. The first-order valence-electron chi connectivity index (χ1n) is 7.37. The fraction of sp³-hybridized carbons (Fsp3) is 0.625. The number of nitrogens with one attached hydrogen (secondary N) is 1. The number of piperidine rings is 1. The van der Waals surface area contributed by atoms with Crippen molar-refractivity contribution in [2.24, 2.45) is 0 Å². The van der Waals surface area contributed by atoms with Crippen LogP contribution in [0, 0.1) is 13.8 Å². The van der Waals surface area contributed by atoms with Gasteiger partial charge in [-0.1, -0.05) is 22.9 Å². The lowest BCUT2D eigenvalue weighted by Gasteiger charge is -2.36. The highest BCUT2D eigenvalue weighted by molar-refractivity contribution is 9.10. The molecule has 0 aliphatic carbocycles. The number of halogens is 1. The van der Waals surface area contributed by atoms with Crippen molar-refractivity contribution in [2.75, 3.05) is 24.5 Å². The maximum absolute atomic E-state index is 3.65. The number of hydrogen-bond acceptors (Lipinski definition) is 2. The van der Waals surface area contributed by atoms with Crippen molar-refractivity contribution < 1.29 is 0 Å². The van der Waals surface area contributed by atoms with E-state index in [1.807, 2.05) is 0 Å². The van der Waals surface area contributed by atoms with Gasteiger partial charge in [0.25, 0.3) is 0 Å². The summed E-state index contributed by atoms with van der Waals surface area (Å²) in [4.78, 5) is 2.56. The first-order chi connectivity index (χ1) is 9.11. The average molecular weight is 325 g/mol. The van der Waals surface area contributed by atoms with E-state index >= 15 is 0 Å². The molecule has 0 bridgehead atoms. The highest BCUT2D eigenvalue weighted by Gasteiger charge is 2.21. The second kappa shape index (κ2) is 6.76. The molecule has 0 atom stereocenters. The van der Waals surface area contributed by atoms with Gasteiger partial charge in [0.2, 0.25) is 0 Å². The zero-order chi connectivity index (χ0) is 13.8. The molecule has 2 rings (SSSR count). The van der Waals surface area contributed by atoms with Crippen molar-refractivity contribution >= 4 is 21.6 Å². The molecule has 0 unspecified atom stereocenters. The van der Waals surface area contributed by atoms with Crippen molar-refractivity contribution in [3.05, 3.63) is 27.7 Å². The molecular weight excluding hydrogens is 300 g/mol. The molecule has 1 aliphatic rings. The first kappa shape index (κ1) is 14.9. The van der Waals surface area contributed by atoms with Crippen molar-refractivity contribution in [3.63, 3.8) is 0 Å². The lowest BCUT2D eigenvalue weighted by Crippen LogP contribution is -2.43. The van der Waals surface area contributed by atoms with E-state index < -0.39 is 0 Å². The summed E-state index contributed by atoms with van der Waals surface area (Å²) in [6, 6.07) is 5.17. The van der Waals surface area contributed by atoms with Crippen LogP contribution >= 0.6 is 15.9 Å². The van der Waals surface area contributed by atoms with E-state index in [1.165, 1.54) is 53.6 Å². The Balaban J connectivity index is 2.02. The quantitative estimate of drug-likeness (QED) is 0.899. The van der Waals surface area contributed by atoms with Gasteiger partial charge in [-0.3, -0.25) is 0 Å². The van der Waals surface area contributed by atoms with Crippen LogP contribution in [0.15, 0.2) is 16.6 Å². The van der Waals surface area contributed by atoms with Crippen LogP contribution in [0.1, 0.15) is 37.3 Å².